The van der Waals surface area contributed by atoms with Crippen LogP contribution in [0.2, 0.25) is 0 Å². The van der Waals surface area contributed by atoms with Gasteiger partial charge in [0.25, 0.3) is 0 Å². The van der Waals surface area contributed by atoms with Gasteiger partial charge in [0.1, 0.15) is 6.04 Å². The van der Waals surface area contributed by atoms with Crippen LogP contribution in [0.1, 0.15) is 39.3 Å². The van der Waals surface area contributed by atoms with E-state index < -0.39 is 18.1 Å². The number of hydrogen-bond acceptors (Lipinski definition) is 3. The molecule has 0 bridgehead atoms. The summed E-state index contributed by atoms with van der Waals surface area (Å²) in [5, 5.41) is 15.0. The average molecular weight is 278 g/mol. The quantitative estimate of drug-likeness (QED) is 0.766. The zero-order chi connectivity index (χ0) is 15.3. The molecule has 2 unspecified atom stereocenters. The SMILES string of the molecule is CC(NC(C(=O)O)c1ccccc1)C(=O)NC(C)(C)C. The molecule has 20 heavy (non-hydrogen) atoms. The lowest BCUT2D eigenvalue weighted by Gasteiger charge is -2.25. The molecule has 1 amide bonds. The van der Waals surface area contributed by atoms with Crippen LogP contribution in [-0.2, 0) is 9.59 Å². The third kappa shape index (κ3) is 5.01. The maximum atomic E-state index is 12.0. The monoisotopic (exact) mass is 278 g/mol. The second kappa shape index (κ2) is 6.52. The molecule has 0 aliphatic heterocycles. The fourth-order valence-electron chi connectivity index (χ4n) is 1.76. The summed E-state index contributed by atoms with van der Waals surface area (Å²) in [4.78, 5) is 23.3. The Kier molecular flexibility index (Phi) is 5.27. The van der Waals surface area contributed by atoms with Gasteiger partial charge >= 0.3 is 5.97 Å². The van der Waals surface area contributed by atoms with Crippen molar-refractivity contribution < 1.29 is 14.7 Å². The van der Waals surface area contributed by atoms with Crippen LogP contribution in [0.5, 0.6) is 0 Å². The molecule has 0 aliphatic carbocycles. The molecule has 5 nitrogen and oxygen atoms in total. The Labute approximate surface area is 119 Å². The first kappa shape index (κ1) is 16.2. The van der Waals surface area contributed by atoms with E-state index in [0.717, 1.165) is 0 Å². The van der Waals surface area contributed by atoms with Gasteiger partial charge in [0.05, 0.1) is 6.04 Å². The van der Waals surface area contributed by atoms with E-state index in [1.54, 1.807) is 31.2 Å². The molecule has 0 fully saturated rings. The first-order valence-corrected chi connectivity index (χ1v) is 6.56. The van der Waals surface area contributed by atoms with E-state index in [4.69, 9.17) is 0 Å². The molecule has 1 aromatic rings. The molecule has 110 valence electrons. The first-order chi connectivity index (χ1) is 9.20. The molecular formula is C15H22N2O3. The Morgan fingerprint density at radius 1 is 1.15 bits per heavy atom. The lowest BCUT2D eigenvalue weighted by molar-refractivity contribution is -0.140. The number of rotatable bonds is 5. The van der Waals surface area contributed by atoms with E-state index in [1.807, 2.05) is 26.8 Å². The van der Waals surface area contributed by atoms with Crippen LogP contribution < -0.4 is 10.6 Å². The van der Waals surface area contributed by atoms with Crippen LogP contribution in [0, 0.1) is 0 Å². The van der Waals surface area contributed by atoms with Gasteiger partial charge in [-0.05, 0) is 33.3 Å². The van der Waals surface area contributed by atoms with E-state index in [0.29, 0.717) is 5.56 Å². The van der Waals surface area contributed by atoms with Crippen molar-refractivity contribution in [3.63, 3.8) is 0 Å². The van der Waals surface area contributed by atoms with E-state index in [2.05, 4.69) is 10.6 Å². The maximum Gasteiger partial charge on any atom is 0.325 e. The Hall–Kier alpha value is -1.88. The smallest absolute Gasteiger partial charge is 0.325 e. The maximum absolute atomic E-state index is 12.0. The predicted molar refractivity (Wildman–Crippen MR) is 77.3 cm³/mol. The van der Waals surface area contributed by atoms with Gasteiger partial charge in [-0.15, -0.1) is 0 Å². The Balaban J connectivity index is 2.77. The molecule has 1 rings (SSSR count). The highest BCUT2D eigenvalue weighted by atomic mass is 16.4. The Bertz CT molecular complexity index is 466. The fraction of sp³-hybridized carbons (Fsp3) is 0.467. The minimum atomic E-state index is -1.01. The number of carbonyl (C=O) groups is 2. The molecule has 0 aromatic heterocycles. The molecule has 0 heterocycles. The van der Waals surface area contributed by atoms with Crippen LogP contribution in [0.3, 0.4) is 0 Å². The third-order valence-electron chi connectivity index (χ3n) is 2.69. The van der Waals surface area contributed by atoms with Crippen molar-refractivity contribution in [1.29, 1.82) is 0 Å². The lowest BCUT2D eigenvalue weighted by atomic mass is 10.1. The molecule has 0 saturated heterocycles. The highest BCUT2D eigenvalue weighted by Gasteiger charge is 2.26. The van der Waals surface area contributed by atoms with Gasteiger partial charge in [-0.2, -0.15) is 0 Å². The van der Waals surface area contributed by atoms with Crippen LogP contribution in [-0.4, -0.2) is 28.6 Å². The first-order valence-electron chi connectivity index (χ1n) is 6.56. The van der Waals surface area contributed by atoms with E-state index >= 15 is 0 Å². The van der Waals surface area contributed by atoms with Crippen LogP contribution >= 0.6 is 0 Å². The highest BCUT2D eigenvalue weighted by molar-refractivity contribution is 5.83. The molecule has 3 N–H and O–H groups in total. The van der Waals surface area contributed by atoms with Crippen molar-refractivity contribution in [3.05, 3.63) is 35.9 Å². The summed E-state index contributed by atoms with van der Waals surface area (Å²) in [6.45, 7) is 7.29. The predicted octanol–water partition coefficient (Wildman–Crippen LogP) is 1.71. The summed E-state index contributed by atoms with van der Waals surface area (Å²) in [5.74, 6) is -1.23. The number of carboxylic acids is 1. The molecule has 0 spiro atoms. The molecule has 2 atom stereocenters. The zero-order valence-corrected chi connectivity index (χ0v) is 12.3. The normalized spacial score (nSPS) is 14.4. The highest BCUT2D eigenvalue weighted by Crippen LogP contribution is 2.13. The third-order valence-corrected chi connectivity index (χ3v) is 2.69. The summed E-state index contributed by atoms with van der Waals surface area (Å²) in [6.07, 6.45) is 0. The van der Waals surface area contributed by atoms with Crippen LogP contribution in [0.4, 0.5) is 0 Å². The number of hydrogen-bond donors (Lipinski definition) is 3. The number of benzene rings is 1. The number of carboxylic acid groups (broad SMARTS) is 1. The Morgan fingerprint density at radius 2 is 1.70 bits per heavy atom. The minimum Gasteiger partial charge on any atom is -0.480 e. The minimum absolute atomic E-state index is 0.223. The van der Waals surface area contributed by atoms with E-state index in [9.17, 15) is 14.7 Å². The molecule has 1 aromatic carbocycles. The van der Waals surface area contributed by atoms with Crippen LogP contribution in [0.15, 0.2) is 30.3 Å². The summed E-state index contributed by atoms with van der Waals surface area (Å²) in [7, 11) is 0. The van der Waals surface area contributed by atoms with Gasteiger partial charge in [-0.1, -0.05) is 30.3 Å². The summed E-state index contributed by atoms with van der Waals surface area (Å²) >= 11 is 0. The molecule has 5 heteroatoms. The van der Waals surface area contributed by atoms with Crippen molar-refractivity contribution in [2.45, 2.75) is 45.3 Å². The fourth-order valence-corrected chi connectivity index (χ4v) is 1.76. The zero-order valence-electron chi connectivity index (χ0n) is 12.3. The largest absolute Gasteiger partial charge is 0.480 e. The van der Waals surface area contributed by atoms with Crippen molar-refractivity contribution in [3.8, 4) is 0 Å². The van der Waals surface area contributed by atoms with Gasteiger partial charge in [0.2, 0.25) is 5.91 Å². The summed E-state index contributed by atoms with van der Waals surface area (Å²) in [6, 6.07) is 7.30. The molecule has 0 saturated carbocycles. The van der Waals surface area contributed by atoms with E-state index in [-0.39, 0.29) is 11.4 Å². The molecular weight excluding hydrogens is 256 g/mol. The van der Waals surface area contributed by atoms with Gasteiger partial charge in [-0.25, -0.2) is 0 Å². The van der Waals surface area contributed by atoms with Crippen molar-refractivity contribution >= 4 is 11.9 Å². The number of carbonyl (C=O) groups excluding carboxylic acids is 1. The summed E-state index contributed by atoms with van der Waals surface area (Å²) in [5.41, 5.74) is 0.272. The second-order valence-corrected chi connectivity index (χ2v) is 5.81. The summed E-state index contributed by atoms with van der Waals surface area (Å²) < 4.78 is 0. The number of aliphatic carboxylic acids is 1. The lowest BCUT2D eigenvalue weighted by Crippen LogP contribution is -2.51. The van der Waals surface area contributed by atoms with Gasteiger partial charge in [-0.3, -0.25) is 14.9 Å². The van der Waals surface area contributed by atoms with Crippen molar-refractivity contribution in [1.82, 2.24) is 10.6 Å². The van der Waals surface area contributed by atoms with Crippen LogP contribution in [0.25, 0.3) is 0 Å². The second-order valence-electron chi connectivity index (χ2n) is 5.81. The van der Waals surface area contributed by atoms with Gasteiger partial charge in [0.15, 0.2) is 0 Å². The van der Waals surface area contributed by atoms with Crippen molar-refractivity contribution in [2.75, 3.05) is 0 Å². The van der Waals surface area contributed by atoms with Gasteiger partial charge in [0, 0.05) is 5.54 Å². The Morgan fingerprint density at radius 3 is 2.15 bits per heavy atom. The molecule has 0 aliphatic rings. The van der Waals surface area contributed by atoms with Gasteiger partial charge < -0.3 is 10.4 Å². The number of nitrogens with one attached hydrogen (secondary N) is 2. The number of amides is 1. The molecule has 0 radical (unpaired) electrons. The average Bonchev–Trinajstić information content (AvgIpc) is 2.34. The van der Waals surface area contributed by atoms with Crippen molar-refractivity contribution in [2.24, 2.45) is 0 Å². The topological polar surface area (TPSA) is 78.4 Å². The standard InChI is InChI=1S/C15H22N2O3/c1-10(13(18)17-15(2,3)4)16-12(14(19)20)11-8-6-5-7-9-11/h5-10,12,16H,1-4H3,(H,17,18)(H,19,20). The van der Waals surface area contributed by atoms with E-state index in [1.165, 1.54) is 0 Å².